The van der Waals surface area contributed by atoms with Crippen molar-refractivity contribution >= 4 is 28.9 Å². The average Bonchev–Trinajstić information content (AvgIpc) is 3.01. The van der Waals surface area contributed by atoms with E-state index in [0.29, 0.717) is 28.2 Å². The van der Waals surface area contributed by atoms with Gasteiger partial charge in [0.05, 0.1) is 26.2 Å². The number of hydrogen-bond donors (Lipinski definition) is 0. The molecule has 0 unspecified atom stereocenters. The van der Waals surface area contributed by atoms with Crippen LogP contribution in [0.5, 0.6) is 17.2 Å². The Morgan fingerprint density at radius 2 is 1.85 bits per heavy atom. The van der Waals surface area contributed by atoms with Gasteiger partial charge < -0.3 is 19.1 Å². The maximum absolute atomic E-state index is 12.4. The zero-order valence-electron chi connectivity index (χ0n) is 15.6. The first-order valence-electron chi connectivity index (χ1n) is 8.66. The summed E-state index contributed by atoms with van der Waals surface area (Å²) >= 11 is 1.44. The zero-order chi connectivity index (χ0) is 18.7. The molecule has 3 rings (SSSR count). The molecule has 0 spiro atoms. The van der Waals surface area contributed by atoms with Gasteiger partial charge >= 0.3 is 0 Å². The molecule has 26 heavy (non-hydrogen) atoms. The van der Waals surface area contributed by atoms with Crippen LogP contribution in [0.4, 0.5) is 0 Å². The van der Waals surface area contributed by atoms with Gasteiger partial charge in [-0.1, -0.05) is 0 Å². The van der Waals surface area contributed by atoms with E-state index in [1.807, 2.05) is 18.2 Å². The molecular formula is C19H24N2O4S. The summed E-state index contributed by atoms with van der Waals surface area (Å²) in [7, 11) is 4.71. The lowest BCUT2D eigenvalue weighted by atomic mass is 10.1. The number of thioether (sulfide) groups is 1. The molecule has 0 saturated carbocycles. The number of amides is 1. The Balaban J connectivity index is 1.86. The van der Waals surface area contributed by atoms with Gasteiger partial charge in [0.2, 0.25) is 5.75 Å². The molecule has 7 heteroatoms. The molecule has 0 N–H and O–H groups in total. The summed E-state index contributed by atoms with van der Waals surface area (Å²) in [5.41, 5.74) is 0.804. The van der Waals surface area contributed by atoms with Crippen LogP contribution in [0, 0.1) is 0 Å². The van der Waals surface area contributed by atoms with E-state index in [1.54, 1.807) is 21.3 Å². The quantitative estimate of drug-likeness (QED) is 0.749. The Bertz CT molecular complexity index is 735. The zero-order valence-corrected chi connectivity index (χ0v) is 16.4. The van der Waals surface area contributed by atoms with Crippen LogP contribution in [-0.2, 0) is 4.79 Å². The minimum Gasteiger partial charge on any atom is -0.493 e. The molecule has 1 aromatic rings. The molecule has 0 aromatic heterocycles. The first-order valence-corrected chi connectivity index (χ1v) is 9.48. The fourth-order valence-corrected chi connectivity index (χ4v) is 4.28. The molecule has 1 atom stereocenters. The maximum atomic E-state index is 12.4. The van der Waals surface area contributed by atoms with E-state index in [2.05, 4.69) is 16.8 Å². The number of aliphatic imine (C=N–C) groups is 1. The van der Waals surface area contributed by atoms with Crippen LogP contribution >= 0.6 is 11.8 Å². The van der Waals surface area contributed by atoms with Gasteiger partial charge in [-0.15, -0.1) is 0 Å². The topological polar surface area (TPSA) is 60.4 Å². The van der Waals surface area contributed by atoms with Crippen LogP contribution in [-0.4, -0.2) is 49.9 Å². The fourth-order valence-electron chi connectivity index (χ4n) is 3.24. The van der Waals surface area contributed by atoms with Crippen LogP contribution in [0.25, 0.3) is 6.08 Å². The first kappa shape index (κ1) is 18.6. The van der Waals surface area contributed by atoms with Gasteiger partial charge in [-0.25, -0.2) is 0 Å². The standard InChI is InChI=1S/C19H24N2O4S/c1-12-7-5-6-8-21(12)19-20-18(22)16(26-19)11-13-9-14(23-2)17(25-4)15(10-13)24-3/h9-12H,5-8H2,1-4H3/b16-11-/t12-/m0/s1. The summed E-state index contributed by atoms with van der Waals surface area (Å²) in [5.74, 6) is 1.44. The summed E-state index contributed by atoms with van der Waals surface area (Å²) in [6.07, 6.45) is 5.34. The summed E-state index contributed by atoms with van der Waals surface area (Å²) in [6.45, 7) is 3.14. The van der Waals surface area contributed by atoms with E-state index in [-0.39, 0.29) is 5.91 Å². The number of hydrogen-bond acceptors (Lipinski definition) is 6. The van der Waals surface area contributed by atoms with Gasteiger partial charge in [-0.2, -0.15) is 4.99 Å². The normalized spacial score (nSPS) is 21.8. The highest BCUT2D eigenvalue weighted by atomic mass is 32.2. The van der Waals surface area contributed by atoms with Gasteiger partial charge in [0.1, 0.15) is 0 Å². The van der Waals surface area contributed by atoms with Crippen LogP contribution in [0.1, 0.15) is 31.7 Å². The fraction of sp³-hybridized carbons (Fsp3) is 0.474. The Labute approximate surface area is 158 Å². The van der Waals surface area contributed by atoms with Crippen LogP contribution < -0.4 is 14.2 Å². The van der Waals surface area contributed by atoms with Crippen molar-refractivity contribution in [2.75, 3.05) is 27.9 Å². The third-order valence-electron chi connectivity index (χ3n) is 4.64. The van der Waals surface area contributed by atoms with Crippen molar-refractivity contribution in [1.82, 2.24) is 4.90 Å². The summed E-state index contributed by atoms with van der Waals surface area (Å²) in [4.78, 5) is 19.5. The average molecular weight is 376 g/mol. The molecule has 1 aromatic carbocycles. The highest BCUT2D eigenvalue weighted by molar-refractivity contribution is 8.18. The second-order valence-corrected chi connectivity index (χ2v) is 7.32. The molecule has 6 nitrogen and oxygen atoms in total. The van der Waals surface area contributed by atoms with Gasteiger partial charge in [0.15, 0.2) is 16.7 Å². The molecule has 0 bridgehead atoms. The SMILES string of the molecule is COc1cc(/C=C2\SC(N3CCCC[C@@H]3C)=NC2=O)cc(OC)c1OC. The lowest BCUT2D eigenvalue weighted by molar-refractivity contribution is -0.113. The van der Waals surface area contributed by atoms with Crippen LogP contribution in [0.15, 0.2) is 22.0 Å². The Morgan fingerprint density at radius 3 is 2.42 bits per heavy atom. The number of amidine groups is 1. The number of nitrogens with zero attached hydrogens (tertiary/aromatic N) is 2. The second kappa shape index (κ2) is 8.03. The Morgan fingerprint density at radius 1 is 1.15 bits per heavy atom. The molecule has 2 aliphatic rings. The maximum Gasteiger partial charge on any atom is 0.286 e. The second-order valence-electron chi connectivity index (χ2n) is 6.31. The van der Waals surface area contributed by atoms with Crippen molar-refractivity contribution < 1.29 is 19.0 Å². The molecule has 1 amide bonds. The number of ether oxygens (including phenoxy) is 3. The monoisotopic (exact) mass is 376 g/mol. The number of piperidine rings is 1. The van der Waals surface area contributed by atoms with E-state index < -0.39 is 0 Å². The number of methoxy groups -OCH3 is 3. The van der Waals surface area contributed by atoms with Gasteiger partial charge in [-0.05, 0) is 61.7 Å². The van der Waals surface area contributed by atoms with Gasteiger partial charge in [0, 0.05) is 12.6 Å². The van der Waals surface area contributed by atoms with Crippen LogP contribution in [0.2, 0.25) is 0 Å². The van der Waals surface area contributed by atoms with Crippen molar-refractivity contribution in [3.8, 4) is 17.2 Å². The largest absolute Gasteiger partial charge is 0.493 e. The molecule has 2 aliphatic heterocycles. The lowest BCUT2D eigenvalue weighted by Gasteiger charge is -2.34. The Kier molecular flexibility index (Phi) is 5.76. The molecule has 1 fully saturated rings. The van der Waals surface area contributed by atoms with E-state index in [0.717, 1.165) is 30.1 Å². The predicted molar refractivity (Wildman–Crippen MR) is 104 cm³/mol. The minimum atomic E-state index is -0.198. The third-order valence-corrected chi connectivity index (χ3v) is 5.66. The highest BCUT2D eigenvalue weighted by Crippen LogP contribution is 2.40. The summed E-state index contributed by atoms with van der Waals surface area (Å²) < 4.78 is 16.1. The Hall–Kier alpha value is -2.15. The molecule has 2 heterocycles. The van der Waals surface area contributed by atoms with E-state index in [4.69, 9.17) is 14.2 Å². The molecule has 1 saturated heterocycles. The molecule has 140 valence electrons. The van der Waals surface area contributed by atoms with E-state index >= 15 is 0 Å². The number of rotatable bonds is 4. The number of likely N-dealkylation sites (tertiary alicyclic amines) is 1. The summed E-state index contributed by atoms with van der Waals surface area (Å²) in [6, 6.07) is 4.07. The van der Waals surface area contributed by atoms with E-state index in [9.17, 15) is 4.79 Å². The predicted octanol–water partition coefficient (Wildman–Crippen LogP) is 3.56. The smallest absolute Gasteiger partial charge is 0.286 e. The molecular weight excluding hydrogens is 352 g/mol. The van der Waals surface area contributed by atoms with E-state index in [1.165, 1.54) is 18.2 Å². The van der Waals surface area contributed by atoms with Crippen molar-refractivity contribution in [3.05, 3.63) is 22.6 Å². The van der Waals surface area contributed by atoms with Crippen molar-refractivity contribution in [2.24, 2.45) is 4.99 Å². The summed E-state index contributed by atoms with van der Waals surface area (Å²) in [5, 5.41) is 0.806. The first-order chi connectivity index (χ1) is 12.6. The van der Waals surface area contributed by atoms with Crippen LogP contribution in [0.3, 0.4) is 0 Å². The van der Waals surface area contributed by atoms with Crippen molar-refractivity contribution in [2.45, 2.75) is 32.2 Å². The van der Waals surface area contributed by atoms with Gasteiger partial charge in [-0.3, -0.25) is 4.79 Å². The lowest BCUT2D eigenvalue weighted by Crippen LogP contribution is -2.40. The minimum absolute atomic E-state index is 0.198. The third kappa shape index (κ3) is 3.67. The van der Waals surface area contributed by atoms with Crippen molar-refractivity contribution in [3.63, 3.8) is 0 Å². The number of carbonyl (C=O) groups excluding carboxylic acids is 1. The highest BCUT2D eigenvalue weighted by Gasteiger charge is 2.30. The number of carbonyl (C=O) groups is 1. The molecule has 0 radical (unpaired) electrons. The van der Waals surface area contributed by atoms with Gasteiger partial charge in [0.25, 0.3) is 5.91 Å². The molecule has 0 aliphatic carbocycles. The number of benzene rings is 1. The van der Waals surface area contributed by atoms with Crippen molar-refractivity contribution in [1.29, 1.82) is 0 Å².